The number of benzene rings is 1. The van der Waals surface area contributed by atoms with Gasteiger partial charge in [-0.1, -0.05) is 0 Å². The number of aromatic nitrogens is 2. The highest BCUT2D eigenvalue weighted by Gasteiger charge is 2.24. The first kappa shape index (κ1) is 17.1. The van der Waals surface area contributed by atoms with E-state index in [1.165, 1.54) is 6.92 Å². The zero-order valence-corrected chi connectivity index (χ0v) is 12.9. The molecule has 0 bridgehead atoms. The molecule has 1 heterocycles. The van der Waals surface area contributed by atoms with Crippen molar-refractivity contribution < 1.29 is 19.1 Å². The molecular formula is C15H14FN3O5. The average molecular weight is 335 g/mol. The number of amides is 1. The first-order chi connectivity index (χ1) is 11.3. The van der Waals surface area contributed by atoms with Crippen LogP contribution < -0.4 is 16.6 Å². The quantitative estimate of drug-likeness (QED) is 0.859. The van der Waals surface area contributed by atoms with Crippen molar-refractivity contribution in [2.75, 3.05) is 6.54 Å². The molecule has 126 valence electrons. The van der Waals surface area contributed by atoms with Gasteiger partial charge in [0.05, 0.1) is 5.69 Å². The standard InChI is InChI=1S/C15H14FN3O5/c1-3-17-14(23)18-8(2)11(13(21)22)12(20)19(15(18)24)10-6-4-9(16)5-7-10/h4-7H,3H2,1-2H3,(H,17,23)(H,21,22). The molecule has 0 aliphatic carbocycles. The van der Waals surface area contributed by atoms with Crippen LogP contribution in [0, 0.1) is 12.7 Å². The van der Waals surface area contributed by atoms with Crippen molar-refractivity contribution in [2.45, 2.75) is 13.8 Å². The smallest absolute Gasteiger partial charge is 0.344 e. The molecule has 0 saturated heterocycles. The van der Waals surface area contributed by atoms with Crippen molar-refractivity contribution in [3.05, 3.63) is 62.2 Å². The van der Waals surface area contributed by atoms with Gasteiger partial charge >= 0.3 is 17.7 Å². The molecule has 0 aliphatic heterocycles. The number of halogens is 1. The average Bonchev–Trinajstić information content (AvgIpc) is 2.49. The Balaban J connectivity index is 2.92. The first-order valence-corrected chi connectivity index (χ1v) is 6.95. The van der Waals surface area contributed by atoms with Crippen molar-refractivity contribution in [3.63, 3.8) is 0 Å². The second-order valence-electron chi connectivity index (χ2n) is 4.84. The first-order valence-electron chi connectivity index (χ1n) is 6.95. The van der Waals surface area contributed by atoms with Crippen molar-refractivity contribution in [2.24, 2.45) is 0 Å². The van der Waals surface area contributed by atoms with Crippen LogP contribution in [0.3, 0.4) is 0 Å². The van der Waals surface area contributed by atoms with Crippen LogP contribution in [0.2, 0.25) is 0 Å². The highest BCUT2D eigenvalue weighted by Crippen LogP contribution is 2.07. The van der Waals surface area contributed by atoms with Gasteiger partial charge in [0.1, 0.15) is 11.4 Å². The van der Waals surface area contributed by atoms with Crippen molar-refractivity contribution >= 4 is 12.0 Å². The van der Waals surface area contributed by atoms with E-state index in [1.807, 2.05) is 0 Å². The van der Waals surface area contributed by atoms with Crippen molar-refractivity contribution in [1.29, 1.82) is 0 Å². The van der Waals surface area contributed by atoms with E-state index in [-0.39, 0.29) is 17.9 Å². The number of hydrogen-bond acceptors (Lipinski definition) is 4. The Labute approximate surface area is 134 Å². The third-order valence-electron chi connectivity index (χ3n) is 3.33. The van der Waals surface area contributed by atoms with Gasteiger partial charge in [0, 0.05) is 12.2 Å². The van der Waals surface area contributed by atoms with Gasteiger partial charge < -0.3 is 10.4 Å². The fourth-order valence-electron chi connectivity index (χ4n) is 2.24. The fraction of sp³-hybridized carbons (Fsp3) is 0.200. The largest absolute Gasteiger partial charge is 0.477 e. The summed E-state index contributed by atoms with van der Waals surface area (Å²) in [6.07, 6.45) is 0. The molecular weight excluding hydrogens is 321 g/mol. The topological polar surface area (TPSA) is 110 Å². The molecule has 2 rings (SSSR count). The molecule has 0 radical (unpaired) electrons. The second kappa shape index (κ2) is 6.49. The van der Waals surface area contributed by atoms with Crippen LogP contribution in [-0.2, 0) is 0 Å². The predicted molar refractivity (Wildman–Crippen MR) is 82.4 cm³/mol. The maximum Gasteiger partial charge on any atom is 0.344 e. The number of hydrogen-bond donors (Lipinski definition) is 2. The maximum atomic E-state index is 13.1. The Hall–Kier alpha value is -3.23. The van der Waals surface area contributed by atoms with Crippen LogP contribution in [-0.4, -0.2) is 32.8 Å². The molecule has 1 aromatic heterocycles. The zero-order valence-electron chi connectivity index (χ0n) is 12.9. The summed E-state index contributed by atoms with van der Waals surface area (Å²) < 4.78 is 14.1. The number of carbonyl (C=O) groups is 2. The van der Waals surface area contributed by atoms with E-state index < -0.39 is 34.6 Å². The van der Waals surface area contributed by atoms with Gasteiger partial charge in [-0.2, -0.15) is 0 Å². The fourth-order valence-corrected chi connectivity index (χ4v) is 2.24. The van der Waals surface area contributed by atoms with Crippen molar-refractivity contribution in [3.8, 4) is 5.69 Å². The van der Waals surface area contributed by atoms with E-state index in [2.05, 4.69) is 5.32 Å². The van der Waals surface area contributed by atoms with E-state index in [0.29, 0.717) is 9.13 Å². The molecule has 24 heavy (non-hydrogen) atoms. The lowest BCUT2D eigenvalue weighted by Crippen LogP contribution is -2.48. The van der Waals surface area contributed by atoms with Crippen LogP contribution in [0.4, 0.5) is 9.18 Å². The van der Waals surface area contributed by atoms with E-state index in [4.69, 9.17) is 0 Å². The molecule has 0 unspecified atom stereocenters. The minimum absolute atomic E-state index is 0.0491. The van der Waals surface area contributed by atoms with E-state index in [1.54, 1.807) is 6.92 Å². The van der Waals surface area contributed by atoms with E-state index in [0.717, 1.165) is 24.3 Å². The third-order valence-corrected chi connectivity index (χ3v) is 3.33. The molecule has 0 aliphatic rings. The highest BCUT2D eigenvalue weighted by atomic mass is 19.1. The van der Waals surface area contributed by atoms with Gasteiger partial charge in [-0.05, 0) is 38.1 Å². The number of carbonyl (C=O) groups excluding carboxylic acids is 1. The number of aromatic carboxylic acids is 1. The highest BCUT2D eigenvalue weighted by molar-refractivity contribution is 5.90. The Kier molecular flexibility index (Phi) is 4.63. The molecule has 1 aromatic carbocycles. The molecule has 8 nitrogen and oxygen atoms in total. The summed E-state index contributed by atoms with van der Waals surface area (Å²) in [5.41, 5.74) is -3.20. The molecule has 2 aromatic rings. The Bertz CT molecular complexity index is 928. The monoisotopic (exact) mass is 335 g/mol. The lowest BCUT2D eigenvalue weighted by atomic mass is 10.2. The summed E-state index contributed by atoms with van der Waals surface area (Å²) in [6.45, 7) is 3.01. The molecule has 0 spiro atoms. The normalized spacial score (nSPS) is 10.5. The van der Waals surface area contributed by atoms with Crippen LogP contribution in [0.25, 0.3) is 5.69 Å². The molecule has 0 fully saturated rings. The van der Waals surface area contributed by atoms with Gasteiger partial charge in [0.15, 0.2) is 0 Å². The maximum absolute atomic E-state index is 13.1. The third kappa shape index (κ3) is 2.83. The van der Waals surface area contributed by atoms with Gasteiger partial charge in [-0.25, -0.2) is 27.9 Å². The second-order valence-corrected chi connectivity index (χ2v) is 4.84. The number of carboxylic acid groups (broad SMARTS) is 1. The lowest BCUT2D eigenvalue weighted by Gasteiger charge is -2.14. The zero-order chi connectivity index (χ0) is 18.0. The van der Waals surface area contributed by atoms with Crippen LogP contribution in [0.15, 0.2) is 33.9 Å². The molecule has 2 N–H and O–H groups in total. The Morgan fingerprint density at radius 3 is 2.29 bits per heavy atom. The van der Waals surface area contributed by atoms with Crippen molar-refractivity contribution in [1.82, 2.24) is 14.5 Å². The summed E-state index contributed by atoms with van der Waals surface area (Å²) in [5.74, 6) is -2.17. The molecule has 0 atom stereocenters. The SMILES string of the molecule is CCNC(=O)n1c(C)c(C(=O)O)c(=O)n(-c2ccc(F)cc2)c1=O. The van der Waals surface area contributed by atoms with Gasteiger partial charge in [-0.15, -0.1) is 0 Å². The van der Waals surface area contributed by atoms with Gasteiger partial charge in [0.25, 0.3) is 5.56 Å². The molecule has 9 heteroatoms. The summed E-state index contributed by atoms with van der Waals surface area (Å²) in [5, 5.41) is 11.6. The number of carboxylic acids is 1. The van der Waals surface area contributed by atoms with E-state index in [9.17, 15) is 28.7 Å². The number of nitrogens with one attached hydrogen (secondary N) is 1. The van der Waals surface area contributed by atoms with Crippen LogP contribution in [0.5, 0.6) is 0 Å². The summed E-state index contributed by atoms with van der Waals surface area (Å²) in [7, 11) is 0. The molecule has 0 saturated carbocycles. The summed E-state index contributed by atoms with van der Waals surface area (Å²) in [6, 6.07) is 3.44. The molecule has 1 amide bonds. The number of nitrogens with zero attached hydrogens (tertiary/aromatic N) is 2. The van der Waals surface area contributed by atoms with Crippen LogP contribution in [0.1, 0.15) is 23.0 Å². The minimum Gasteiger partial charge on any atom is -0.477 e. The lowest BCUT2D eigenvalue weighted by molar-refractivity contribution is 0.0692. The number of rotatable bonds is 3. The summed E-state index contributed by atoms with van der Waals surface area (Å²) >= 11 is 0. The Morgan fingerprint density at radius 2 is 1.79 bits per heavy atom. The minimum atomic E-state index is -1.58. The van der Waals surface area contributed by atoms with E-state index >= 15 is 0 Å². The Morgan fingerprint density at radius 1 is 1.21 bits per heavy atom. The van der Waals surface area contributed by atoms with Gasteiger partial charge in [0.2, 0.25) is 0 Å². The summed E-state index contributed by atoms with van der Waals surface area (Å²) in [4.78, 5) is 48.5. The van der Waals surface area contributed by atoms with Gasteiger partial charge in [-0.3, -0.25) is 4.79 Å². The predicted octanol–water partition coefficient (Wildman–Crippen LogP) is 0.723. The van der Waals surface area contributed by atoms with Crippen LogP contribution >= 0.6 is 0 Å².